The second-order valence-corrected chi connectivity index (χ2v) is 4.12. The average Bonchev–Trinajstić information content (AvgIpc) is 2.30. The van der Waals surface area contributed by atoms with E-state index in [2.05, 4.69) is 13.0 Å². The first-order valence-electron chi connectivity index (χ1n) is 5.60. The summed E-state index contributed by atoms with van der Waals surface area (Å²) in [6.45, 7) is 4.41. The molecule has 1 nitrogen and oxygen atoms in total. The maximum Gasteiger partial charge on any atom is 0.123 e. The predicted molar refractivity (Wildman–Crippen MR) is 66.6 cm³/mol. The first-order valence-corrected chi connectivity index (χ1v) is 5.60. The summed E-state index contributed by atoms with van der Waals surface area (Å²) in [4.78, 5) is 0. The molecule has 0 bridgehead atoms. The fraction of sp³-hybridized carbons (Fsp3) is 0.200. The highest BCUT2D eigenvalue weighted by Crippen LogP contribution is 2.20. The Hall–Kier alpha value is -1.83. The molecule has 2 rings (SSSR count). The smallest absolute Gasteiger partial charge is 0.123 e. The van der Waals surface area contributed by atoms with E-state index in [1.807, 2.05) is 25.1 Å². The molecule has 0 aromatic heterocycles. The topological polar surface area (TPSA) is 9.23 Å². The molecular formula is C15H15FO. The van der Waals surface area contributed by atoms with Gasteiger partial charge in [-0.3, -0.25) is 0 Å². The highest BCUT2D eigenvalue weighted by atomic mass is 19.1. The van der Waals surface area contributed by atoms with Crippen molar-refractivity contribution in [3.05, 3.63) is 65.0 Å². The fourth-order valence-corrected chi connectivity index (χ4v) is 1.70. The van der Waals surface area contributed by atoms with Crippen LogP contribution in [0, 0.1) is 19.7 Å². The highest BCUT2D eigenvalue weighted by Gasteiger charge is 2.02. The Morgan fingerprint density at radius 1 is 1.00 bits per heavy atom. The van der Waals surface area contributed by atoms with Crippen LogP contribution in [-0.4, -0.2) is 0 Å². The van der Waals surface area contributed by atoms with Crippen LogP contribution >= 0.6 is 0 Å². The Morgan fingerprint density at radius 2 is 1.76 bits per heavy atom. The van der Waals surface area contributed by atoms with Crippen molar-refractivity contribution in [1.82, 2.24) is 0 Å². The van der Waals surface area contributed by atoms with Crippen molar-refractivity contribution in [1.29, 1.82) is 0 Å². The molecule has 0 aliphatic heterocycles. The van der Waals surface area contributed by atoms with E-state index in [0.717, 1.165) is 16.9 Å². The molecule has 0 N–H and O–H groups in total. The van der Waals surface area contributed by atoms with Gasteiger partial charge in [-0.2, -0.15) is 0 Å². The third-order valence-corrected chi connectivity index (χ3v) is 2.78. The molecule has 0 fully saturated rings. The number of hydrogen-bond acceptors (Lipinski definition) is 1. The number of ether oxygens (including phenoxy) is 1. The van der Waals surface area contributed by atoms with Crippen LogP contribution in [0.5, 0.6) is 5.75 Å². The molecule has 0 heterocycles. The van der Waals surface area contributed by atoms with Crippen molar-refractivity contribution in [2.45, 2.75) is 20.5 Å². The largest absolute Gasteiger partial charge is 0.489 e. The molecule has 2 aromatic carbocycles. The van der Waals surface area contributed by atoms with Crippen molar-refractivity contribution in [3.63, 3.8) is 0 Å². The minimum Gasteiger partial charge on any atom is -0.489 e. The lowest BCUT2D eigenvalue weighted by Crippen LogP contribution is -1.99. The molecule has 0 aliphatic rings. The molecule has 0 spiro atoms. The Morgan fingerprint density at radius 3 is 2.47 bits per heavy atom. The normalized spacial score (nSPS) is 10.3. The summed E-state index contributed by atoms with van der Waals surface area (Å²) >= 11 is 0. The third-order valence-electron chi connectivity index (χ3n) is 2.78. The lowest BCUT2D eigenvalue weighted by Gasteiger charge is -2.10. The van der Waals surface area contributed by atoms with Gasteiger partial charge in [0.05, 0.1) is 0 Å². The SMILES string of the molecule is Cc1ccccc1COc1ccc(F)cc1C. The zero-order valence-corrected chi connectivity index (χ0v) is 10.0. The van der Waals surface area contributed by atoms with Gasteiger partial charge in [0.2, 0.25) is 0 Å². The van der Waals surface area contributed by atoms with Gasteiger partial charge < -0.3 is 4.74 Å². The van der Waals surface area contributed by atoms with Crippen LogP contribution < -0.4 is 4.74 Å². The molecule has 0 unspecified atom stereocenters. The molecule has 0 radical (unpaired) electrons. The van der Waals surface area contributed by atoms with Gasteiger partial charge in [0, 0.05) is 0 Å². The predicted octanol–water partition coefficient (Wildman–Crippen LogP) is 4.02. The summed E-state index contributed by atoms with van der Waals surface area (Å²) < 4.78 is 18.6. The van der Waals surface area contributed by atoms with Crippen LogP contribution in [0.1, 0.15) is 16.7 Å². The zero-order valence-electron chi connectivity index (χ0n) is 10.0. The van der Waals surface area contributed by atoms with E-state index < -0.39 is 0 Å². The molecule has 0 amide bonds. The standard InChI is InChI=1S/C15H15FO/c1-11-5-3-4-6-13(11)10-17-15-8-7-14(16)9-12(15)2/h3-9H,10H2,1-2H3. The summed E-state index contributed by atoms with van der Waals surface area (Å²) in [6.07, 6.45) is 0. The molecule has 17 heavy (non-hydrogen) atoms. The minimum absolute atomic E-state index is 0.231. The number of hydrogen-bond donors (Lipinski definition) is 0. The minimum atomic E-state index is -0.231. The molecule has 0 atom stereocenters. The Labute approximate surface area is 101 Å². The van der Waals surface area contributed by atoms with Gasteiger partial charge in [-0.15, -0.1) is 0 Å². The van der Waals surface area contributed by atoms with E-state index in [-0.39, 0.29) is 5.82 Å². The molecule has 0 saturated heterocycles. The average molecular weight is 230 g/mol. The Balaban J connectivity index is 2.10. The summed E-state index contributed by atoms with van der Waals surface area (Å²) in [6, 6.07) is 12.6. The van der Waals surface area contributed by atoms with E-state index in [1.54, 1.807) is 6.07 Å². The van der Waals surface area contributed by atoms with Crippen LogP contribution in [0.3, 0.4) is 0 Å². The maximum atomic E-state index is 12.9. The fourth-order valence-electron chi connectivity index (χ4n) is 1.70. The third kappa shape index (κ3) is 2.84. The van der Waals surface area contributed by atoms with Crippen molar-refractivity contribution in [2.24, 2.45) is 0 Å². The van der Waals surface area contributed by atoms with Crippen LogP contribution in [0.2, 0.25) is 0 Å². The maximum absolute atomic E-state index is 12.9. The highest BCUT2D eigenvalue weighted by molar-refractivity contribution is 5.33. The Kier molecular flexibility index (Phi) is 3.43. The number of aryl methyl sites for hydroxylation is 2. The van der Waals surface area contributed by atoms with Gasteiger partial charge in [0.15, 0.2) is 0 Å². The van der Waals surface area contributed by atoms with E-state index in [9.17, 15) is 4.39 Å². The van der Waals surface area contributed by atoms with Gasteiger partial charge in [0.25, 0.3) is 0 Å². The summed E-state index contributed by atoms with van der Waals surface area (Å²) in [5, 5.41) is 0. The molecule has 2 aromatic rings. The zero-order chi connectivity index (χ0) is 12.3. The number of rotatable bonds is 3. The first-order chi connectivity index (χ1) is 8.16. The van der Waals surface area contributed by atoms with Crippen LogP contribution in [-0.2, 0) is 6.61 Å². The first kappa shape index (κ1) is 11.6. The molecule has 0 aliphatic carbocycles. The van der Waals surface area contributed by atoms with E-state index in [1.165, 1.54) is 17.7 Å². The molecule has 0 saturated carbocycles. The van der Waals surface area contributed by atoms with Crippen LogP contribution in [0.15, 0.2) is 42.5 Å². The number of halogens is 1. The van der Waals surface area contributed by atoms with Crippen LogP contribution in [0.4, 0.5) is 4.39 Å². The van der Waals surface area contributed by atoms with Gasteiger partial charge in [-0.25, -0.2) is 4.39 Å². The lowest BCUT2D eigenvalue weighted by molar-refractivity contribution is 0.303. The second kappa shape index (κ2) is 5.00. The van der Waals surface area contributed by atoms with E-state index >= 15 is 0 Å². The van der Waals surface area contributed by atoms with Crippen molar-refractivity contribution >= 4 is 0 Å². The van der Waals surface area contributed by atoms with Crippen molar-refractivity contribution in [3.8, 4) is 5.75 Å². The molecule has 2 heteroatoms. The van der Waals surface area contributed by atoms with Crippen molar-refractivity contribution in [2.75, 3.05) is 0 Å². The molecular weight excluding hydrogens is 215 g/mol. The van der Waals surface area contributed by atoms with Gasteiger partial charge in [-0.05, 0) is 48.7 Å². The summed E-state index contributed by atoms with van der Waals surface area (Å²) in [5.41, 5.74) is 3.17. The quantitative estimate of drug-likeness (QED) is 0.773. The Bertz CT molecular complexity index is 520. The van der Waals surface area contributed by atoms with Crippen LogP contribution in [0.25, 0.3) is 0 Å². The van der Waals surface area contributed by atoms with Gasteiger partial charge in [-0.1, -0.05) is 24.3 Å². The van der Waals surface area contributed by atoms with E-state index in [0.29, 0.717) is 6.61 Å². The number of benzene rings is 2. The summed E-state index contributed by atoms with van der Waals surface area (Å²) in [7, 11) is 0. The van der Waals surface area contributed by atoms with E-state index in [4.69, 9.17) is 4.74 Å². The van der Waals surface area contributed by atoms with Crippen molar-refractivity contribution < 1.29 is 9.13 Å². The lowest BCUT2D eigenvalue weighted by atomic mass is 10.1. The van der Waals surface area contributed by atoms with Gasteiger partial charge >= 0.3 is 0 Å². The monoisotopic (exact) mass is 230 g/mol. The molecule has 88 valence electrons. The van der Waals surface area contributed by atoms with Gasteiger partial charge in [0.1, 0.15) is 18.2 Å². The summed E-state index contributed by atoms with van der Waals surface area (Å²) in [5.74, 6) is 0.500. The second-order valence-electron chi connectivity index (χ2n) is 4.12.